The molecule has 2 N–H and O–H groups in total. The standard InChI is InChI=1S/C13H17ClN2OS.ClH/c1-18-10-4-5-12(14)11(7-10)13(17)16-6-2-3-9(15)8-16;/h4-5,7,9H,2-3,6,8,15H2,1H3;1H/t9-;/m1./s1. The van der Waals surface area contributed by atoms with E-state index in [1.54, 1.807) is 22.7 Å². The van der Waals surface area contributed by atoms with Crippen LogP contribution in [0.1, 0.15) is 23.2 Å². The van der Waals surface area contributed by atoms with E-state index in [-0.39, 0.29) is 24.4 Å². The van der Waals surface area contributed by atoms with Gasteiger partial charge in [-0.15, -0.1) is 24.2 Å². The molecule has 19 heavy (non-hydrogen) atoms. The minimum absolute atomic E-state index is 0. The maximum absolute atomic E-state index is 12.4. The van der Waals surface area contributed by atoms with E-state index in [0.717, 1.165) is 24.3 Å². The van der Waals surface area contributed by atoms with E-state index >= 15 is 0 Å². The van der Waals surface area contributed by atoms with Crippen LogP contribution in [0.4, 0.5) is 0 Å². The molecule has 0 aromatic heterocycles. The Kier molecular flexibility index (Phi) is 6.47. The molecule has 0 saturated carbocycles. The predicted molar refractivity (Wildman–Crippen MR) is 83.6 cm³/mol. The van der Waals surface area contributed by atoms with E-state index in [0.29, 0.717) is 17.1 Å². The first kappa shape index (κ1) is 16.6. The Morgan fingerprint density at radius 3 is 2.89 bits per heavy atom. The van der Waals surface area contributed by atoms with Crippen molar-refractivity contribution in [3.05, 3.63) is 28.8 Å². The van der Waals surface area contributed by atoms with Crippen molar-refractivity contribution in [1.29, 1.82) is 0 Å². The number of piperidine rings is 1. The van der Waals surface area contributed by atoms with Gasteiger partial charge in [0, 0.05) is 24.0 Å². The van der Waals surface area contributed by atoms with Gasteiger partial charge in [0.2, 0.25) is 0 Å². The molecular weight excluding hydrogens is 303 g/mol. The molecule has 0 aliphatic carbocycles. The highest BCUT2D eigenvalue weighted by Crippen LogP contribution is 2.25. The number of carbonyl (C=O) groups excluding carboxylic acids is 1. The van der Waals surface area contributed by atoms with Gasteiger partial charge >= 0.3 is 0 Å². The van der Waals surface area contributed by atoms with Crippen LogP contribution in [0.15, 0.2) is 23.1 Å². The van der Waals surface area contributed by atoms with Crippen molar-refractivity contribution in [2.24, 2.45) is 5.73 Å². The lowest BCUT2D eigenvalue weighted by Gasteiger charge is -2.31. The van der Waals surface area contributed by atoms with Gasteiger partial charge in [0.1, 0.15) is 0 Å². The molecule has 0 bridgehead atoms. The summed E-state index contributed by atoms with van der Waals surface area (Å²) in [6, 6.07) is 5.65. The van der Waals surface area contributed by atoms with Gasteiger partial charge in [0.15, 0.2) is 0 Å². The van der Waals surface area contributed by atoms with Gasteiger partial charge in [-0.2, -0.15) is 0 Å². The zero-order valence-electron chi connectivity index (χ0n) is 10.8. The number of rotatable bonds is 2. The third kappa shape index (κ3) is 4.02. The van der Waals surface area contributed by atoms with Crippen molar-refractivity contribution in [3.63, 3.8) is 0 Å². The predicted octanol–water partition coefficient (Wildman–Crippen LogP) is 3.05. The summed E-state index contributed by atoms with van der Waals surface area (Å²) in [6.07, 6.45) is 3.93. The highest BCUT2D eigenvalue weighted by atomic mass is 35.5. The lowest BCUT2D eigenvalue weighted by Crippen LogP contribution is -2.45. The summed E-state index contributed by atoms with van der Waals surface area (Å²) in [4.78, 5) is 15.3. The molecule has 0 spiro atoms. The van der Waals surface area contributed by atoms with Crippen molar-refractivity contribution in [2.75, 3.05) is 19.3 Å². The molecule has 1 aromatic carbocycles. The second kappa shape index (κ2) is 7.39. The Morgan fingerprint density at radius 1 is 1.53 bits per heavy atom. The average molecular weight is 321 g/mol. The summed E-state index contributed by atoms with van der Waals surface area (Å²) >= 11 is 7.72. The smallest absolute Gasteiger partial charge is 0.255 e. The number of likely N-dealkylation sites (tertiary alicyclic amines) is 1. The largest absolute Gasteiger partial charge is 0.337 e. The molecule has 1 atom stereocenters. The topological polar surface area (TPSA) is 46.3 Å². The van der Waals surface area contributed by atoms with Crippen LogP contribution < -0.4 is 5.73 Å². The number of hydrogen-bond acceptors (Lipinski definition) is 3. The van der Waals surface area contributed by atoms with Crippen LogP contribution in [-0.4, -0.2) is 36.2 Å². The van der Waals surface area contributed by atoms with Gasteiger partial charge in [-0.05, 0) is 37.3 Å². The molecular formula is C13H18Cl2N2OS. The number of nitrogens with two attached hydrogens (primary N) is 1. The van der Waals surface area contributed by atoms with Gasteiger partial charge in [-0.1, -0.05) is 11.6 Å². The maximum atomic E-state index is 12.4. The summed E-state index contributed by atoms with van der Waals surface area (Å²) < 4.78 is 0. The summed E-state index contributed by atoms with van der Waals surface area (Å²) in [5, 5.41) is 0.511. The third-order valence-electron chi connectivity index (χ3n) is 3.15. The molecule has 1 heterocycles. The Hall–Kier alpha value is -0.420. The van der Waals surface area contributed by atoms with Crippen LogP contribution in [-0.2, 0) is 0 Å². The highest BCUT2D eigenvalue weighted by molar-refractivity contribution is 7.98. The van der Waals surface area contributed by atoms with Crippen LogP contribution in [0.25, 0.3) is 0 Å². The van der Waals surface area contributed by atoms with Gasteiger partial charge in [-0.25, -0.2) is 0 Å². The first-order valence-corrected chi connectivity index (χ1v) is 7.60. The molecule has 1 aliphatic heterocycles. The maximum Gasteiger partial charge on any atom is 0.255 e. The van der Waals surface area contributed by atoms with Crippen LogP contribution in [0, 0.1) is 0 Å². The lowest BCUT2D eigenvalue weighted by atomic mass is 10.1. The fourth-order valence-electron chi connectivity index (χ4n) is 2.16. The fraction of sp³-hybridized carbons (Fsp3) is 0.462. The number of benzene rings is 1. The average Bonchev–Trinajstić information content (AvgIpc) is 2.38. The zero-order chi connectivity index (χ0) is 13.1. The van der Waals surface area contributed by atoms with Crippen molar-refractivity contribution >= 4 is 41.7 Å². The van der Waals surface area contributed by atoms with E-state index in [9.17, 15) is 4.79 Å². The molecule has 106 valence electrons. The monoisotopic (exact) mass is 320 g/mol. The van der Waals surface area contributed by atoms with Gasteiger partial charge in [0.05, 0.1) is 10.6 Å². The van der Waals surface area contributed by atoms with Crippen molar-refractivity contribution in [2.45, 2.75) is 23.8 Å². The molecule has 1 fully saturated rings. The number of amides is 1. The number of carbonyl (C=O) groups is 1. The summed E-state index contributed by atoms with van der Waals surface area (Å²) in [5.41, 5.74) is 6.49. The number of thioether (sulfide) groups is 1. The van der Waals surface area contributed by atoms with Gasteiger partial charge in [-0.3, -0.25) is 4.79 Å². The van der Waals surface area contributed by atoms with E-state index in [1.165, 1.54) is 0 Å². The Morgan fingerprint density at radius 2 is 2.26 bits per heavy atom. The van der Waals surface area contributed by atoms with E-state index in [1.807, 2.05) is 18.4 Å². The molecule has 6 heteroatoms. The molecule has 0 unspecified atom stereocenters. The Bertz CT molecular complexity index is 456. The van der Waals surface area contributed by atoms with Crippen LogP contribution in [0.3, 0.4) is 0 Å². The first-order valence-electron chi connectivity index (χ1n) is 6.00. The van der Waals surface area contributed by atoms with Gasteiger partial charge < -0.3 is 10.6 Å². The Balaban J connectivity index is 0.00000180. The van der Waals surface area contributed by atoms with E-state index < -0.39 is 0 Å². The lowest BCUT2D eigenvalue weighted by molar-refractivity contribution is 0.0708. The van der Waals surface area contributed by atoms with Crippen molar-refractivity contribution < 1.29 is 4.79 Å². The second-order valence-electron chi connectivity index (χ2n) is 4.50. The van der Waals surface area contributed by atoms with Crippen LogP contribution >= 0.6 is 35.8 Å². The van der Waals surface area contributed by atoms with Gasteiger partial charge in [0.25, 0.3) is 5.91 Å². The zero-order valence-corrected chi connectivity index (χ0v) is 13.2. The normalized spacial score (nSPS) is 18.9. The molecule has 3 nitrogen and oxygen atoms in total. The number of nitrogens with zero attached hydrogens (tertiary/aromatic N) is 1. The minimum Gasteiger partial charge on any atom is -0.337 e. The second-order valence-corrected chi connectivity index (χ2v) is 5.79. The molecule has 2 rings (SSSR count). The molecule has 1 aliphatic rings. The summed E-state index contributed by atoms with van der Waals surface area (Å²) in [7, 11) is 0. The third-order valence-corrected chi connectivity index (χ3v) is 4.20. The molecule has 1 aromatic rings. The summed E-state index contributed by atoms with van der Waals surface area (Å²) in [6.45, 7) is 1.39. The van der Waals surface area contributed by atoms with E-state index in [4.69, 9.17) is 17.3 Å². The van der Waals surface area contributed by atoms with Crippen molar-refractivity contribution in [3.8, 4) is 0 Å². The van der Waals surface area contributed by atoms with Crippen LogP contribution in [0.2, 0.25) is 5.02 Å². The number of halogens is 2. The highest BCUT2D eigenvalue weighted by Gasteiger charge is 2.23. The fourth-order valence-corrected chi connectivity index (χ4v) is 2.80. The molecule has 0 radical (unpaired) electrons. The SMILES string of the molecule is CSc1ccc(Cl)c(C(=O)N2CCC[C@@H](N)C2)c1.Cl. The number of hydrogen-bond donors (Lipinski definition) is 1. The molecule has 1 amide bonds. The molecule has 1 saturated heterocycles. The first-order chi connectivity index (χ1) is 8.61. The summed E-state index contributed by atoms with van der Waals surface area (Å²) in [5.74, 6) is -0.00829. The minimum atomic E-state index is -0.00829. The van der Waals surface area contributed by atoms with Crippen molar-refractivity contribution in [1.82, 2.24) is 4.90 Å². The quantitative estimate of drug-likeness (QED) is 0.852. The van der Waals surface area contributed by atoms with Crippen LogP contribution in [0.5, 0.6) is 0 Å². The van der Waals surface area contributed by atoms with E-state index in [2.05, 4.69) is 0 Å². The Labute approximate surface area is 129 Å².